The van der Waals surface area contributed by atoms with Crippen molar-refractivity contribution in [2.45, 2.75) is 20.3 Å². The molecule has 0 fully saturated rings. The number of aromatic nitrogens is 2. The van der Waals surface area contributed by atoms with Gasteiger partial charge in [0.05, 0.1) is 5.52 Å². The maximum absolute atomic E-state index is 11.0. The highest BCUT2D eigenvalue weighted by molar-refractivity contribution is 5.93. The minimum atomic E-state index is -1.11. The van der Waals surface area contributed by atoms with E-state index in [1.54, 1.807) is 6.07 Å². The van der Waals surface area contributed by atoms with Crippen LogP contribution in [0.25, 0.3) is 10.9 Å². The molecular formula is C14H17N3O2. The van der Waals surface area contributed by atoms with Crippen LogP contribution < -0.4 is 5.32 Å². The summed E-state index contributed by atoms with van der Waals surface area (Å²) in [4.78, 5) is 19.1. The van der Waals surface area contributed by atoms with Crippen molar-refractivity contribution in [3.8, 4) is 0 Å². The van der Waals surface area contributed by atoms with E-state index in [2.05, 4.69) is 29.1 Å². The smallest absolute Gasteiger partial charge is 0.374 e. The van der Waals surface area contributed by atoms with E-state index in [4.69, 9.17) is 5.11 Å². The van der Waals surface area contributed by atoms with Crippen LogP contribution in [0.3, 0.4) is 0 Å². The van der Waals surface area contributed by atoms with E-state index in [-0.39, 0.29) is 5.82 Å². The lowest BCUT2D eigenvalue weighted by atomic mass is 10.1. The third-order valence-corrected chi connectivity index (χ3v) is 2.81. The molecule has 1 aromatic heterocycles. The van der Waals surface area contributed by atoms with E-state index in [9.17, 15) is 4.79 Å². The Labute approximate surface area is 111 Å². The summed E-state index contributed by atoms with van der Waals surface area (Å²) in [7, 11) is 0. The van der Waals surface area contributed by atoms with Gasteiger partial charge in [0.2, 0.25) is 5.82 Å². The van der Waals surface area contributed by atoms with Crippen LogP contribution in [0.4, 0.5) is 5.82 Å². The molecule has 0 atom stereocenters. The van der Waals surface area contributed by atoms with E-state index in [1.807, 2.05) is 18.2 Å². The Morgan fingerprint density at radius 1 is 1.32 bits per heavy atom. The Morgan fingerprint density at radius 2 is 2.05 bits per heavy atom. The van der Waals surface area contributed by atoms with Crippen LogP contribution in [0.2, 0.25) is 0 Å². The van der Waals surface area contributed by atoms with Gasteiger partial charge in [-0.2, -0.15) is 0 Å². The second kappa shape index (κ2) is 5.65. The van der Waals surface area contributed by atoms with Gasteiger partial charge in [0.1, 0.15) is 5.82 Å². The zero-order valence-corrected chi connectivity index (χ0v) is 11.1. The third-order valence-electron chi connectivity index (χ3n) is 2.81. The Bertz CT molecular complexity index is 596. The maximum atomic E-state index is 11.0. The average molecular weight is 259 g/mol. The fourth-order valence-corrected chi connectivity index (χ4v) is 1.79. The number of carbonyl (C=O) groups is 1. The molecule has 0 unspecified atom stereocenters. The first-order valence-corrected chi connectivity index (χ1v) is 6.32. The van der Waals surface area contributed by atoms with Crippen LogP contribution >= 0.6 is 0 Å². The van der Waals surface area contributed by atoms with Gasteiger partial charge in [0.25, 0.3) is 0 Å². The number of nitrogens with zero attached hydrogens (tertiary/aromatic N) is 2. The highest BCUT2D eigenvalue weighted by atomic mass is 16.4. The van der Waals surface area contributed by atoms with Gasteiger partial charge in [-0.05, 0) is 24.5 Å². The molecule has 5 nitrogen and oxygen atoms in total. The molecule has 1 aromatic carbocycles. The summed E-state index contributed by atoms with van der Waals surface area (Å²) >= 11 is 0. The van der Waals surface area contributed by atoms with Gasteiger partial charge < -0.3 is 10.4 Å². The lowest BCUT2D eigenvalue weighted by Crippen LogP contribution is -2.11. The van der Waals surface area contributed by atoms with E-state index in [1.165, 1.54) is 0 Å². The predicted octanol–water partition coefficient (Wildman–Crippen LogP) is 2.79. The van der Waals surface area contributed by atoms with Gasteiger partial charge in [-0.25, -0.2) is 14.8 Å². The summed E-state index contributed by atoms with van der Waals surface area (Å²) in [5.74, 6) is -0.119. The van der Waals surface area contributed by atoms with Crippen molar-refractivity contribution in [3.63, 3.8) is 0 Å². The van der Waals surface area contributed by atoms with Crippen LogP contribution in [-0.4, -0.2) is 27.6 Å². The highest BCUT2D eigenvalue weighted by Gasteiger charge is 2.12. The Kier molecular flexibility index (Phi) is 3.94. The summed E-state index contributed by atoms with van der Waals surface area (Å²) in [6, 6.07) is 7.40. The molecule has 0 bridgehead atoms. The summed E-state index contributed by atoms with van der Waals surface area (Å²) in [5, 5.41) is 13.1. The minimum Gasteiger partial charge on any atom is -0.475 e. The standard InChI is InChI=1S/C14H17N3O2/c1-9(2)7-8-15-12-10-5-3-4-6-11(10)16-13(17-12)14(18)19/h3-6,9H,7-8H2,1-2H3,(H,18,19)(H,15,16,17). The molecule has 2 N–H and O–H groups in total. The zero-order chi connectivity index (χ0) is 13.8. The summed E-state index contributed by atoms with van der Waals surface area (Å²) in [6.45, 7) is 5.04. The normalized spacial score (nSPS) is 10.9. The number of carboxylic acid groups (broad SMARTS) is 1. The van der Waals surface area contributed by atoms with E-state index in [0.29, 0.717) is 17.3 Å². The highest BCUT2D eigenvalue weighted by Crippen LogP contribution is 2.20. The number of rotatable bonds is 5. The molecule has 1 heterocycles. The van der Waals surface area contributed by atoms with Crippen LogP contribution in [0, 0.1) is 5.92 Å². The Balaban J connectivity index is 2.36. The van der Waals surface area contributed by atoms with Gasteiger partial charge in [-0.1, -0.05) is 26.0 Å². The second-order valence-electron chi connectivity index (χ2n) is 4.83. The minimum absolute atomic E-state index is 0.175. The van der Waals surface area contributed by atoms with Crippen LogP contribution in [0.1, 0.15) is 30.9 Å². The van der Waals surface area contributed by atoms with Gasteiger partial charge in [-0.3, -0.25) is 0 Å². The average Bonchev–Trinajstić information content (AvgIpc) is 2.38. The SMILES string of the molecule is CC(C)CCNc1nc(C(=O)O)nc2ccccc12. The molecule has 0 saturated heterocycles. The van der Waals surface area contributed by atoms with Gasteiger partial charge in [0, 0.05) is 11.9 Å². The number of nitrogens with one attached hydrogen (secondary N) is 1. The molecule has 2 aromatic rings. The maximum Gasteiger partial charge on any atom is 0.374 e. The lowest BCUT2D eigenvalue weighted by molar-refractivity contribution is 0.0684. The molecule has 0 saturated carbocycles. The molecule has 100 valence electrons. The topological polar surface area (TPSA) is 75.1 Å². The van der Waals surface area contributed by atoms with E-state index in [0.717, 1.165) is 18.4 Å². The van der Waals surface area contributed by atoms with Crippen molar-refractivity contribution < 1.29 is 9.90 Å². The van der Waals surface area contributed by atoms with Crippen molar-refractivity contribution in [3.05, 3.63) is 30.1 Å². The summed E-state index contributed by atoms with van der Waals surface area (Å²) in [5.41, 5.74) is 0.641. The summed E-state index contributed by atoms with van der Waals surface area (Å²) < 4.78 is 0. The number of benzene rings is 1. The molecule has 0 aliphatic heterocycles. The van der Waals surface area contributed by atoms with Crippen molar-refractivity contribution in [2.24, 2.45) is 5.92 Å². The third kappa shape index (κ3) is 3.19. The number of carboxylic acids is 1. The van der Waals surface area contributed by atoms with Gasteiger partial charge >= 0.3 is 5.97 Å². The van der Waals surface area contributed by atoms with Gasteiger partial charge in [-0.15, -0.1) is 0 Å². The van der Waals surface area contributed by atoms with Gasteiger partial charge in [0.15, 0.2) is 0 Å². The molecule has 2 rings (SSSR count). The predicted molar refractivity (Wildman–Crippen MR) is 74.4 cm³/mol. The molecule has 0 radical (unpaired) electrons. The van der Waals surface area contributed by atoms with Crippen molar-refractivity contribution >= 4 is 22.7 Å². The first-order valence-electron chi connectivity index (χ1n) is 6.32. The Hall–Kier alpha value is -2.17. The van der Waals surface area contributed by atoms with Crippen molar-refractivity contribution in [1.29, 1.82) is 0 Å². The monoisotopic (exact) mass is 259 g/mol. The molecule has 19 heavy (non-hydrogen) atoms. The van der Waals surface area contributed by atoms with Crippen LogP contribution in [0.5, 0.6) is 0 Å². The van der Waals surface area contributed by atoms with Crippen LogP contribution in [-0.2, 0) is 0 Å². The number of aromatic carboxylic acids is 1. The van der Waals surface area contributed by atoms with Crippen LogP contribution in [0.15, 0.2) is 24.3 Å². The number of anilines is 1. The first kappa shape index (κ1) is 13.3. The van der Waals surface area contributed by atoms with Crippen molar-refractivity contribution in [1.82, 2.24) is 9.97 Å². The molecule has 0 amide bonds. The zero-order valence-electron chi connectivity index (χ0n) is 11.1. The second-order valence-corrected chi connectivity index (χ2v) is 4.83. The molecule has 0 spiro atoms. The van der Waals surface area contributed by atoms with E-state index < -0.39 is 5.97 Å². The molecule has 0 aliphatic carbocycles. The number of hydrogen-bond donors (Lipinski definition) is 2. The first-order chi connectivity index (χ1) is 9.08. The Morgan fingerprint density at radius 3 is 2.74 bits per heavy atom. The number of fused-ring (bicyclic) bond motifs is 1. The fourth-order valence-electron chi connectivity index (χ4n) is 1.79. The van der Waals surface area contributed by atoms with Crippen molar-refractivity contribution in [2.75, 3.05) is 11.9 Å². The molecular weight excluding hydrogens is 242 g/mol. The fraction of sp³-hybridized carbons (Fsp3) is 0.357. The number of para-hydroxylation sites is 1. The largest absolute Gasteiger partial charge is 0.475 e. The summed E-state index contributed by atoms with van der Waals surface area (Å²) in [6.07, 6.45) is 1.00. The molecule has 5 heteroatoms. The lowest BCUT2D eigenvalue weighted by Gasteiger charge is -2.10. The number of hydrogen-bond acceptors (Lipinski definition) is 4. The van der Waals surface area contributed by atoms with E-state index >= 15 is 0 Å². The quantitative estimate of drug-likeness (QED) is 0.863. The molecule has 0 aliphatic rings.